The number of nitrogens with one attached hydrogen (secondary N) is 1. The van der Waals surface area contributed by atoms with Crippen molar-refractivity contribution in [2.75, 3.05) is 13.8 Å². The first-order chi connectivity index (χ1) is 8.13. The van der Waals surface area contributed by atoms with Crippen LogP contribution < -0.4 is 10.1 Å². The number of ether oxygens (including phenoxy) is 1. The molecule has 7 heteroatoms. The highest BCUT2D eigenvalue weighted by molar-refractivity contribution is 6.00. The molecule has 0 aliphatic carbocycles. The zero-order valence-corrected chi connectivity index (χ0v) is 9.12. The topological polar surface area (TPSA) is 93.8 Å². The number of hydrogen-bond donors (Lipinski definition) is 1. The molecular formula is C10H11N3O4. The number of methoxy groups -OCH3 is 1. The Kier molecular flexibility index (Phi) is 4.61. The van der Waals surface area contributed by atoms with Crippen LogP contribution in [-0.2, 0) is 0 Å². The van der Waals surface area contributed by atoms with Crippen LogP contribution in [0, 0.1) is 10.1 Å². The van der Waals surface area contributed by atoms with Crippen LogP contribution in [-0.4, -0.2) is 30.9 Å². The van der Waals surface area contributed by atoms with Gasteiger partial charge in [0.1, 0.15) is 5.75 Å². The fourth-order valence-corrected chi connectivity index (χ4v) is 1.04. The molecule has 0 aliphatic heterocycles. The first-order valence-corrected chi connectivity index (χ1v) is 4.68. The van der Waals surface area contributed by atoms with Crippen molar-refractivity contribution < 1.29 is 14.5 Å². The predicted octanol–water partition coefficient (Wildman–Crippen LogP) is 0.688. The van der Waals surface area contributed by atoms with E-state index in [0.29, 0.717) is 11.3 Å². The molecule has 0 bridgehead atoms. The van der Waals surface area contributed by atoms with Gasteiger partial charge in [0.05, 0.1) is 13.4 Å². The fourth-order valence-electron chi connectivity index (χ4n) is 1.04. The second-order valence-electron chi connectivity index (χ2n) is 2.99. The van der Waals surface area contributed by atoms with Gasteiger partial charge in [-0.05, 0) is 24.3 Å². The van der Waals surface area contributed by atoms with E-state index in [9.17, 15) is 14.9 Å². The number of rotatable bonds is 5. The summed E-state index contributed by atoms with van der Waals surface area (Å²) in [6.45, 7) is -0.567. The maximum atomic E-state index is 11.5. The molecule has 1 rings (SSSR count). The molecule has 1 amide bonds. The largest absolute Gasteiger partial charge is 0.497 e. The molecule has 0 saturated carbocycles. The average Bonchev–Trinajstić information content (AvgIpc) is 2.34. The van der Waals surface area contributed by atoms with Gasteiger partial charge in [-0.25, -0.2) is 4.99 Å². The lowest BCUT2D eigenvalue weighted by Gasteiger charge is -2.01. The lowest BCUT2D eigenvalue weighted by molar-refractivity contribution is -0.477. The van der Waals surface area contributed by atoms with E-state index in [1.54, 1.807) is 24.3 Å². The summed E-state index contributed by atoms with van der Waals surface area (Å²) >= 11 is 0. The Hall–Kier alpha value is -2.44. The molecule has 1 aromatic carbocycles. The van der Waals surface area contributed by atoms with E-state index in [0.717, 1.165) is 6.34 Å². The summed E-state index contributed by atoms with van der Waals surface area (Å²) < 4.78 is 4.94. The molecule has 0 unspecified atom stereocenters. The molecule has 1 N–H and O–H groups in total. The van der Waals surface area contributed by atoms with E-state index in [2.05, 4.69) is 10.3 Å². The summed E-state index contributed by atoms with van der Waals surface area (Å²) in [7, 11) is 1.53. The van der Waals surface area contributed by atoms with Crippen molar-refractivity contribution in [3.63, 3.8) is 0 Å². The van der Waals surface area contributed by atoms with Gasteiger partial charge in [-0.3, -0.25) is 14.9 Å². The van der Waals surface area contributed by atoms with Crippen LogP contribution in [0.4, 0.5) is 0 Å². The van der Waals surface area contributed by atoms with Crippen LogP contribution in [0.25, 0.3) is 0 Å². The standard InChI is InChI=1S/C10H11N3O4/c1-17-9-4-2-8(3-5-9)10(14)12-6-11-7-13(15)16/h2-6H,7H2,1H3,(H,11,12,14). The number of nitro groups is 1. The maximum absolute atomic E-state index is 11.5. The number of carbonyl (C=O) groups excluding carboxylic acids is 1. The van der Waals surface area contributed by atoms with E-state index in [1.807, 2.05) is 0 Å². The molecule has 17 heavy (non-hydrogen) atoms. The molecule has 0 atom stereocenters. The minimum atomic E-state index is -0.601. The molecule has 0 aliphatic rings. The van der Waals surface area contributed by atoms with Gasteiger partial charge in [0, 0.05) is 10.5 Å². The van der Waals surface area contributed by atoms with Gasteiger partial charge in [0.15, 0.2) is 0 Å². The number of nitrogens with zero attached hydrogens (tertiary/aromatic N) is 2. The van der Waals surface area contributed by atoms with Crippen molar-refractivity contribution in [3.05, 3.63) is 39.9 Å². The average molecular weight is 237 g/mol. The minimum absolute atomic E-state index is 0.389. The van der Waals surface area contributed by atoms with Gasteiger partial charge in [-0.15, -0.1) is 0 Å². The third-order valence-electron chi connectivity index (χ3n) is 1.84. The Morgan fingerprint density at radius 3 is 2.71 bits per heavy atom. The van der Waals surface area contributed by atoms with Crippen LogP contribution in [0.15, 0.2) is 29.3 Å². The highest BCUT2D eigenvalue weighted by atomic mass is 16.6. The molecular weight excluding hydrogens is 226 g/mol. The van der Waals surface area contributed by atoms with Crippen molar-refractivity contribution in [3.8, 4) is 5.75 Å². The number of benzene rings is 1. The van der Waals surface area contributed by atoms with Crippen molar-refractivity contribution in [2.24, 2.45) is 4.99 Å². The Labute approximate surface area is 97.3 Å². The second-order valence-corrected chi connectivity index (χ2v) is 2.99. The highest BCUT2D eigenvalue weighted by Crippen LogP contribution is 2.10. The smallest absolute Gasteiger partial charge is 0.295 e. The molecule has 0 fully saturated rings. The van der Waals surface area contributed by atoms with E-state index in [4.69, 9.17) is 4.74 Å². The van der Waals surface area contributed by atoms with Crippen LogP contribution in [0.2, 0.25) is 0 Å². The molecule has 0 aromatic heterocycles. The van der Waals surface area contributed by atoms with Gasteiger partial charge >= 0.3 is 0 Å². The van der Waals surface area contributed by atoms with E-state index < -0.39 is 11.6 Å². The number of carbonyl (C=O) groups is 1. The van der Waals surface area contributed by atoms with Crippen LogP contribution in [0.3, 0.4) is 0 Å². The summed E-state index contributed by atoms with van der Waals surface area (Å²) in [5, 5.41) is 12.3. The summed E-state index contributed by atoms with van der Waals surface area (Å²) in [5.41, 5.74) is 0.415. The molecule has 7 nitrogen and oxygen atoms in total. The van der Waals surface area contributed by atoms with Gasteiger partial charge in [-0.2, -0.15) is 0 Å². The summed E-state index contributed by atoms with van der Waals surface area (Å²) in [6, 6.07) is 6.44. The third kappa shape index (κ3) is 4.29. The summed E-state index contributed by atoms with van der Waals surface area (Å²) in [4.78, 5) is 24.2. The first-order valence-electron chi connectivity index (χ1n) is 4.68. The summed E-state index contributed by atoms with van der Waals surface area (Å²) in [5.74, 6) is 0.253. The second kappa shape index (κ2) is 6.21. The number of hydrogen-bond acceptors (Lipinski definition) is 5. The maximum Gasteiger partial charge on any atom is 0.295 e. The molecule has 90 valence electrons. The quantitative estimate of drug-likeness (QED) is 0.353. The van der Waals surface area contributed by atoms with Crippen molar-refractivity contribution in [1.29, 1.82) is 0 Å². The molecule has 0 spiro atoms. The molecule has 1 aromatic rings. The predicted molar refractivity (Wildman–Crippen MR) is 60.8 cm³/mol. The molecule has 0 radical (unpaired) electrons. The third-order valence-corrected chi connectivity index (χ3v) is 1.84. The van der Waals surface area contributed by atoms with E-state index in [-0.39, 0.29) is 5.91 Å². The zero-order chi connectivity index (χ0) is 12.7. The zero-order valence-electron chi connectivity index (χ0n) is 9.12. The lowest BCUT2D eigenvalue weighted by atomic mass is 10.2. The van der Waals surface area contributed by atoms with E-state index >= 15 is 0 Å². The Morgan fingerprint density at radius 1 is 1.53 bits per heavy atom. The number of aliphatic imine (C=N–C) groups is 1. The monoisotopic (exact) mass is 237 g/mol. The van der Waals surface area contributed by atoms with E-state index in [1.165, 1.54) is 7.11 Å². The van der Waals surface area contributed by atoms with Crippen molar-refractivity contribution in [1.82, 2.24) is 5.32 Å². The van der Waals surface area contributed by atoms with Gasteiger partial charge in [0.25, 0.3) is 12.6 Å². The SMILES string of the molecule is COc1ccc(C(=O)N/C=N\C[N+](=O)[O-])cc1. The van der Waals surface area contributed by atoms with Gasteiger partial charge < -0.3 is 10.1 Å². The minimum Gasteiger partial charge on any atom is -0.497 e. The van der Waals surface area contributed by atoms with Gasteiger partial charge in [-0.1, -0.05) is 0 Å². The van der Waals surface area contributed by atoms with Crippen molar-refractivity contribution >= 4 is 12.2 Å². The van der Waals surface area contributed by atoms with Gasteiger partial charge in [0.2, 0.25) is 0 Å². The summed E-state index contributed by atoms with van der Waals surface area (Å²) in [6.07, 6.45) is 1.01. The Balaban J connectivity index is 2.52. The Morgan fingerprint density at radius 2 is 2.18 bits per heavy atom. The normalized spacial score (nSPS) is 10.2. The van der Waals surface area contributed by atoms with Crippen LogP contribution in [0.5, 0.6) is 5.75 Å². The molecule has 0 saturated heterocycles. The van der Waals surface area contributed by atoms with Crippen LogP contribution >= 0.6 is 0 Å². The lowest BCUT2D eigenvalue weighted by Crippen LogP contribution is -2.21. The molecule has 0 heterocycles. The highest BCUT2D eigenvalue weighted by Gasteiger charge is 2.03. The first kappa shape index (κ1) is 12.6. The van der Waals surface area contributed by atoms with Crippen LogP contribution in [0.1, 0.15) is 10.4 Å². The van der Waals surface area contributed by atoms with Crippen molar-refractivity contribution in [2.45, 2.75) is 0 Å². The fraction of sp³-hybridized carbons (Fsp3) is 0.200. The Bertz CT molecular complexity index is 428. The number of amides is 1.